The molecule has 2 unspecified atom stereocenters. The van der Waals surface area contributed by atoms with Crippen LogP contribution in [0, 0.1) is 13.8 Å². The van der Waals surface area contributed by atoms with Crippen LogP contribution >= 0.6 is 12.6 Å². The van der Waals surface area contributed by atoms with Crippen molar-refractivity contribution in [2.75, 3.05) is 17.6 Å². The number of phenolic OH excluding ortho intramolecular Hbond substituents is 1. The van der Waals surface area contributed by atoms with Gasteiger partial charge in [-0.3, -0.25) is 9.59 Å². The number of amides is 3. The molecule has 0 saturated carbocycles. The first kappa shape index (κ1) is 29.0. The summed E-state index contributed by atoms with van der Waals surface area (Å²) in [6, 6.07) is 9.85. The second-order valence-electron chi connectivity index (χ2n) is 9.67. The fourth-order valence-corrected chi connectivity index (χ4v) is 4.06. The monoisotopic (exact) mass is 515 g/mol. The molecule has 0 heterocycles. The molecule has 8 nitrogen and oxygen atoms in total. The number of thiol groups is 1. The van der Waals surface area contributed by atoms with Crippen LogP contribution in [0.2, 0.25) is 0 Å². The Hall–Kier alpha value is -3.20. The largest absolute Gasteiger partial charge is 0.508 e. The molecule has 0 spiro atoms. The number of aromatic hydroxyl groups is 1. The van der Waals surface area contributed by atoms with E-state index in [2.05, 4.69) is 23.3 Å². The number of nitrogens with one attached hydrogen (secondary N) is 2. The number of alkyl carbamates (subject to hydrolysis) is 1. The zero-order chi connectivity index (χ0) is 27.0. The number of carbonyl (C=O) groups is 3. The molecule has 0 saturated heterocycles. The first-order chi connectivity index (χ1) is 16.9. The summed E-state index contributed by atoms with van der Waals surface area (Å²) in [5, 5.41) is 15.7. The van der Waals surface area contributed by atoms with Gasteiger partial charge in [-0.2, -0.15) is 12.6 Å². The van der Waals surface area contributed by atoms with Crippen LogP contribution in [0.25, 0.3) is 0 Å². The molecule has 2 atom stereocenters. The first-order valence-corrected chi connectivity index (χ1v) is 12.6. The Bertz CT molecular complexity index is 1060. The summed E-state index contributed by atoms with van der Waals surface area (Å²) >= 11 is 4.28. The molecule has 2 rings (SSSR count). The molecule has 3 N–H and O–H groups in total. The molecular weight excluding hydrogens is 478 g/mol. The molecule has 0 fully saturated rings. The topological polar surface area (TPSA) is 108 Å². The SMILES string of the molecule is CCCN(C(=O)C(CS)NC(=O)OC(C)(C)C)C(C(=O)Nc1c(C)cccc1C)c1cccc(O)c1. The number of benzene rings is 2. The highest BCUT2D eigenvalue weighted by atomic mass is 32.1. The van der Waals surface area contributed by atoms with E-state index >= 15 is 0 Å². The molecule has 0 aliphatic rings. The van der Waals surface area contributed by atoms with Gasteiger partial charge >= 0.3 is 6.09 Å². The van der Waals surface area contributed by atoms with E-state index in [-0.39, 0.29) is 18.0 Å². The molecule has 3 amide bonds. The highest BCUT2D eigenvalue weighted by Gasteiger charge is 2.36. The minimum atomic E-state index is -1.06. The van der Waals surface area contributed by atoms with Gasteiger partial charge in [-0.25, -0.2) is 4.79 Å². The standard InChI is InChI=1S/C27H37N3O5S/c1-7-14-30(25(33)21(16-36)28-26(34)35-27(4,5)6)23(19-12-9-13-20(31)15-19)24(32)29-22-17(2)10-8-11-18(22)3/h8-13,15,21,23,31,36H,7,14,16H2,1-6H3,(H,28,34)(H,29,32). The number of anilines is 1. The van der Waals surface area contributed by atoms with Gasteiger partial charge in [-0.15, -0.1) is 0 Å². The highest BCUT2D eigenvalue weighted by molar-refractivity contribution is 7.80. The Labute approximate surface area is 218 Å². The summed E-state index contributed by atoms with van der Waals surface area (Å²) in [5.41, 5.74) is 2.12. The average molecular weight is 516 g/mol. The summed E-state index contributed by atoms with van der Waals surface area (Å²) in [6.45, 7) is 11.1. The van der Waals surface area contributed by atoms with Crippen molar-refractivity contribution in [2.45, 2.75) is 65.6 Å². The molecule has 0 aliphatic carbocycles. The second kappa shape index (κ2) is 12.7. The average Bonchev–Trinajstić information content (AvgIpc) is 2.78. The summed E-state index contributed by atoms with van der Waals surface area (Å²) in [7, 11) is 0. The Morgan fingerprint density at radius 3 is 2.22 bits per heavy atom. The minimum absolute atomic E-state index is 0.00354. The van der Waals surface area contributed by atoms with Crippen LogP contribution in [0.1, 0.15) is 56.8 Å². The third-order valence-electron chi connectivity index (χ3n) is 5.39. The maximum absolute atomic E-state index is 13.8. The van der Waals surface area contributed by atoms with E-state index in [0.717, 1.165) is 11.1 Å². The zero-order valence-electron chi connectivity index (χ0n) is 21.8. The number of phenols is 1. The van der Waals surface area contributed by atoms with E-state index in [1.165, 1.54) is 17.0 Å². The smallest absolute Gasteiger partial charge is 0.408 e. The molecule has 196 valence electrons. The van der Waals surface area contributed by atoms with Gasteiger partial charge in [-0.1, -0.05) is 37.3 Å². The molecular formula is C27H37N3O5S. The Balaban J connectivity index is 2.48. The summed E-state index contributed by atoms with van der Waals surface area (Å²) in [5.74, 6) is -0.944. The van der Waals surface area contributed by atoms with Gasteiger partial charge in [0.25, 0.3) is 5.91 Å². The number of ether oxygens (including phenoxy) is 1. The predicted octanol–water partition coefficient (Wildman–Crippen LogP) is 4.75. The quantitative estimate of drug-likeness (QED) is 0.361. The fourth-order valence-electron chi connectivity index (χ4n) is 3.81. The number of hydrogen-bond donors (Lipinski definition) is 4. The van der Waals surface area contributed by atoms with Crippen molar-refractivity contribution in [3.63, 3.8) is 0 Å². The van der Waals surface area contributed by atoms with Crippen LogP contribution in [0.15, 0.2) is 42.5 Å². The van der Waals surface area contributed by atoms with E-state index in [1.807, 2.05) is 39.0 Å². The van der Waals surface area contributed by atoms with Gasteiger partial charge in [0, 0.05) is 18.0 Å². The van der Waals surface area contributed by atoms with E-state index in [1.54, 1.807) is 32.9 Å². The number of carbonyl (C=O) groups excluding carboxylic acids is 3. The van der Waals surface area contributed by atoms with Crippen molar-refractivity contribution in [1.82, 2.24) is 10.2 Å². The third kappa shape index (κ3) is 7.91. The fraction of sp³-hybridized carbons (Fsp3) is 0.444. The summed E-state index contributed by atoms with van der Waals surface area (Å²) in [6.07, 6.45) is -0.191. The van der Waals surface area contributed by atoms with Crippen molar-refractivity contribution < 1.29 is 24.2 Å². The van der Waals surface area contributed by atoms with E-state index in [4.69, 9.17) is 4.74 Å². The number of para-hydroxylation sites is 1. The van der Waals surface area contributed by atoms with Crippen LogP contribution in [0.4, 0.5) is 10.5 Å². The van der Waals surface area contributed by atoms with E-state index < -0.39 is 35.6 Å². The molecule has 9 heteroatoms. The predicted molar refractivity (Wildman–Crippen MR) is 144 cm³/mol. The Morgan fingerprint density at radius 2 is 1.69 bits per heavy atom. The highest BCUT2D eigenvalue weighted by Crippen LogP contribution is 2.29. The van der Waals surface area contributed by atoms with Gasteiger partial charge in [0.05, 0.1) is 0 Å². The van der Waals surface area contributed by atoms with Crippen molar-refractivity contribution in [1.29, 1.82) is 0 Å². The van der Waals surface area contributed by atoms with Gasteiger partial charge < -0.3 is 25.4 Å². The number of nitrogens with zero attached hydrogens (tertiary/aromatic N) is 1. The lowest BCUT2D eigenvalue weighted by molar-refractivity contribution is -0.140. The van der Waals surface area contributed by atoms with Crippen LogP contribution in [-0.4, -0.2) is 51.9 Å². The lowest BCUT2D eigenvalue weighted by Crippen LogP contribution is -2.53. The molecule has 36 heavy (non-hydrogen) atoms. The molecule has 0 aliphatic heterocycles. The summed E-state index contributed by atoms with van der Waals surface area (Å²) in [4.78, 5) is 41.3. The lowest BCUT2D eigenvalue weighted by Gasteiger charge is -2.34. The van der Waals surface area contributed by atoms with Crippen molar-refractivity contribution in [2.24, 2.45) is 0 Å². The Morgan fingerprint density at radius 1 is 1.08 bits per heavy atom. The van der Waals surface area contributed by atoms with Crippen LogP contribution in [0.3, 0.4) is 0 Å². The second-order valence-corrected chi connectivity index (χ2v) is 10.0. The third-order valence-corrected chi connectivity index (χ3v) is 5.76. The molecule has 0 bridgehead atoms. The van der Waals surface area contributed by atoms with Crippen molar-refractivity contribution in [3.8, 4) is 5.75 Å². The van der Waals surface area contributed by atoms with Gasteiger partial charge in [0.1, 0.15) is 23.4 Å². The zero-order valence-corrected chi connectivity index (χ0v) is 22.7. The number of aryl methyl sites for hydroxylation is 2. The lowest BCUT2D eigenvalue weighted by atomic mass is 10.0. The van der Waals surface area contributed by atoms with Crippen molar-refractivity contribution in [3.05, 3.63) is 59.2 Å². The van der Waals surface area contributed by atoms with Crippen LogP contribution in [0.5, 0.6) is 5.75 Å². The molecule has 0 aromatic heterocycles. The molecule has 2 aromatic carbocycles. The number of rotatable bonds is 9. The molecule has 2 aromatic rings. The maximum Gasteiger partial charge on any atom is 0.408 e. The van der Waals surface area contributed by atoms with Crippen molar-refractivity contribution >= 4 is 36.2 Å². The normalized spacial score (nSPS) is 12.9. The Kier molecular flexibility index (Phi) is 10.2. The van der Waals surface area contributed by atoms with E-state index in [9.17, 15) is 19.5 Å². The van der Waals surface area contributed by atoms with Crippen LogP contribution < -0.4 is 10.6 Å². The van der Waals surface area contributed by atoms with Gasteiger partial charge in [0.2, 0.25) is 5.91 Å². The molecule has 0 radical (unpaired) electrons. The van der Waals surface area contributed by atoms with Gasteiger partial charge in [-0.05, 0) is 69.9 Å². The summed E-state index contributed by atoms with van der Waals surface area (Å²) < 4.78 is 5.31. The van der Waals surface area contributed by atoms with Crippen LogP contribution in [-0.2, 0) is 14.3 Å². The number of hydrogen-bond acceptors (Lipinski definition) is 6. The first-order valence-electron chi connectivity index (χ1n) is 11.9. The van der Waals surface area contributed by atoms with E-state index in [0.29, 0.717) is 17.7 Å². The minimum Gasteiger partial charge on any atom is -0.508 e. The maximum atomic E-state index is 13.8. The van der Waals surface area contributed by atoms with Gasteiger partial charge in [0.15, 0.2) is 0 Å².